The molecule has 2 heterocycles. The van der Waals surface area contributed by atoms with Gasteiger partial charge in [0.05, 0.1) is 52.5 Å². The fourth-order valence-corrected chi connectivity index (χ4v) is 5.39. The number of carbonyl (C=O) groups excluding carboxylic acids is 2. The number of hydrogen-bond acceptors (Lipinski definition) is 8. The molecule has 0 spiro atoms. The van der Waals surface area contributed by atoms with Gasteiger partial charge in [0.25, 0.3) is 0 Å². The highest BCUT2D eigenvalue weighted by molar-refractivity contribution is 7.09. The molecule has 8 nitrogen and oxygen atoms in total. The average molecular weight is 525 g/mol. The van der Waals surface area contributed by atoms with Gasteiger partial charge in [0.15, 0.2) is 0 Å². The second-order valence-electron chi connectivity index (χ2n) is 11.4. The fourth-order valence-electron chi connectivity index (χ4n) is 4.82. The number of amides is 1. The minimum absolute atomic E-state index is 0.0673. The standard InChI is InChI=1S/C27H44N2O6S/c1-15-9-8-10-27(7,35)22(31)12-20(16(2)11-19-14-36-18(4)28-19)29-23(32)13-21(30)26(5,6)25(34)17(3)24(15)33/h11,14-15,17,20-22,24,30-31,33,35H,8-10,12-13H2,1-7H3,(H,29,32). The quantitative estimate of drug-likeness (QED) is 0.401. The predicted molar refractivity (Wildman–Crippen MR) is 141 cm³/mol. The van der Waals surface area contributed by atoms with Gasteiger partial charge in [-0.1, -0.05) is 34.1 Å². The first-order valence-electron chi connectivity index (χ1n) is 12.8. The number of thiazole rings is 1. The van der Waals surface area contributed by atoms with E-state index in [1.165, 1.54) is 11.3 Å². The molecule has 1 saturated heterocycles. The fraction of sp³-hybridized carbons (Fsp3) is 0.741. The van der Waals surface area contributed by atoms with E-state index in [0.717, 1.165) is 16.3 Å². The zero-order chi connectivity index (χ0) is 27.4. The van der Waals surface area contributed by atoms with E-state index in [4.69, 9.17) is 0 Å². The number of aliphatic hydroxyl groups is 4. The molecule has 1 amide bonds. The highest BCUT2D eigenvalue weighted by Crippen LogP contribution is 2.33. The highest BCUT2D eigenvalue weighted by Gasteiger charge is 2.42. The lowest BCUT2D eigenvalue weighted by atomic mass is 9.72. The van der Waals surface area contributed by atoms with E-state index in [0.29, 0.717) is 19.3 Å². The zero-order valence-corrected chi connectivity index (χ0v) is 23.4. The largest absolute Gasteiger partial charge is 0.392 e. The Kier molecular flexibility index (Phi) is 10.4. The van der Waals surface area contributed by atoms with Gasteiger partial charge in [0.1, 0.15) is 5.78 Å². The summed E-state index contributed by atoms with van der Waals surface area (Å²) in [5.74, 6) is -1.73. The lowest BCUT2D eigenvalue weighted by Crippen LogP contribution is -2.49. The molecule has 2 rings (SSSR count). The number of aryl methyl sites for hydroxylation is 1. The summed E-state index contributed by atoms with van der Waals surface area (Å²) in [4.78, 5) is 30.7. The number of Topliss-reactive ketones (excluding diaryl/α,β-unsaturated/α-hetero) is 1. The number of hydrogen-bond donors (Lipinski definition) is 5. The summed E-state index contributed by atoms with van der Waals surface area (Å²) in [6.07, 6.45) is -0.324. The summed E-state index contributed by atoms with van der Waals surface area (Å²) in [5, 5.41) is 49.3. The Balaban J connectivity index is 2.39. The van der Waals surface area contributed by atoms with Crippen molar-refractivity contribution in [3.63, 3.8) is 0 Å². The van der Waals surface area contributed by atoms with Gasteiger partial charge in [-0.05, 0) is 51.2 Å². The van der Waals surface area contributed by atoms with Crippen molar-refractivity contribution < 1.29 is 30.0 Å². The Hall–Kier alpha value is -1.65. The van der Waals surface area contributed by atoms with Gasteiger partial charge in [0.2, 0.25) is 5.91 Å². The third-order valence-corrected chi connectivity index (χ3v) is 8.56. The Morgan fingerprint density at radius 3 is 2.39 bits per heavy atom. The van der Waals surface area contributed by atoms with Gasteiger partial charge in [-0.3, -0.25) is 9.59 Å². The Bertz CT molecular complexity index is 940. The smallest absolute Gasteiger partial charge is 0.223 e. The van der Waals surface area contributed by atoms with Gasteiger partial charge in [0, 0.05) is 17.7 Å². The lowest BCUT2D eigenvalue weighted by Gasteiger charge is -2.36. The van der Waals surface area contributed by atoms with E-state index in [1.54, 1.807) is 27.7 Å². The van der Waals surface area contributed by atoms with Crippen molar-refractivity contribution in [2.24, 2.45) is 17.3 Å². The molecule has 0 radical (unpaired) electrons. The van der Waals surface area contributed by atoms with E-state index >= 15 is 0 Å². The molecule has 1 fully saturated rings. The van der Waals surface area contributed by atoms with Crippen LogP contribution in [0, 0.1) is 24.2 Å². The second kappa shape index (κ2) is 12.3. The van der Waals surface area contributed by atoms with Gasteiger partial charge in [-0.15, -0.1) is 11.3 Å². The molecule has 1 aromatic heterocycles. The topological polar surface area (TPSA) is 140 Å². The van der Waals surface area contributed by atoms with E-state index in [2.05, 4.69) is 10.3 Å². The third-order valence-electron chi connectivity index (χ3n) is 7.77. The first-order valence-corrected chi connectivity index (χ1v) is 13.6. The van der Waals surface area contributed by atoms with Crippen LogP contribution in [0.2, 0.25) is 0 Å². The molecule has 0 aliphatic carbocycles. The monoisotopic (exact) mass is 524 g/mol. The van der Waals surface area contributed by atoms with Crippen molar-refractivity contribution in [2.45, 2.75) is 111 Å². The molecule has 0 saturated carbocycles. The molecular weight excluding hydrogens is 480 g/mol. The Labute approximate surface area is 218 Å². The van der Waals surface area contributed by atoms with Crippen LogP contribution in [0.4, 0.5) is 0 Å². The number of rotatable bonds is 2. The van der Waals surface area contributed by atoms with E-state index in [1.807, 2.05) is 32.2 Å². The summed E-state index contributed by atoms with van der Waals surface area (Å²) < 4.78 is 0. The predicted octanol–water partition coefficient (Wildman–Crippen LogP) is 3.00. The van der Waals surface area contributed by atoms with Crippen molar-refractivity contribution >= 4 is 29.1 Å². The molecule has 204 valence electrons. The van der Waals surface area contributed by atoms with Gasteiger partial charge in [-0.25, -0.2) is 4.98 Å². The molecule has 1 aliphatic heterocycles. The van der Waals surface area contributed by atoms with Crippen molar-refractivity contribution in [1.29, 1.82) is 0 Å². The SMILES string of the molecule is CC(=Cc1csc(C)n1)C1CC(O)C(C)(O)CCCC(C)C(O)C(C)C(=O)C(C)(C)C(O)CC(=O)N1. The van der Waals surface area contributed by atoms with Crippen molar-refractivity contribution in [1.82, 2.24) is 10.3 Å². The molecule has 36 heavy (non-hydrogen) atoms. The van der Waals surface area contributed by atoms with E-state index in [-0.39, 0.29) is 24.5 Å². The maximum Gasteiger partial charge on any atom is 0.223 e. The molecule has 1 aromatic rings. The van der Waals surface area contributed by atoms with E-state index in [9.17, 15) is 30.0 Å². The number of aliphatic hydroxyl groups excluding tert-OH is 3. The summed E-state index contributed by atoms with van der Waals surface area (Å²) in [6.45, 7) is 12.0. The maximum atomic E-state index is 13.2. The van der Waals surface area contributed by atoms with E-state index < -0.39 is 47.2 Å². The molecule has 7 atom stereocenters. The number of ketones is 1. The van der Waals surface area contributed by atoms with Crippen LogP contribution in [0.3, 0.4) is 0 Å². The molecule has 7 unspecified atom stereocenters. The molecule has 1 aliphatic rings. The Morgan fingerprint density at radius 2 is 1.81 bits per heavy atom. The zero-order valence-electron chi connectivity index (χ0n) is 22.6. The number of carbonyl (C=O) groups is 2. The summed E-state index contributed by atoms with van der Waals surface area (Å²) in [6, 6.07) is -0.612. The average Bonchev–Trinajstić information content (AvgIpc) is 3.20. The molecule has 5 N–H and O–H groups in total. The number of nitrogens with one attached hydrogen (secondary N) is 1. The number of nitrogens with zero attached hydrogens (tertiary/aromatic N) is 1. The van der Waals surface area contributed by atoms with Crippen LogP contribution in [-0.4, -0.2) is 67.1 Å². The summed E-state index contributed by atoms with van der Waals surface area (Å²) in [7, 11) is 0. The Morgan fingerprint density at radius 1 is 1.17 bits per heavy atom. The van der Waals surface area contributed by atoms with Crippen molar-refractivity contribution in [2.75, 3.05) is 0 Å². The third kappa shape index (κ3) is 7.68. The molecule has 0 bridgehead atoms. The van der Waals surface area contributed by atoms with Crippen LogP contribution in [0.5, 0.6) is 0 Å². The molecule has 0 aromatic carbocycles. The minimum atomic E-state index is -1.41. The maximum absolute atomic E-state index is 13.2. The molecule has 9 heteroatoms. The van der Waals surface area contributed by atoms with Gasteiger partial charge in [-0.2, -0.15) is 0 Å². The summed E-state index contributed by atoms with van der Waals surface area (Å²) in [5.41, 5.74) is -1.16. The first kappa shape index (κ1) is 30.6. The van der Waals surface area contributed by atoms with Crippen LogP contribution in [0.25, 0.3) is 6.08 Å². The van der Waals surface area contributed by atoms with Gasteiger partial charge >= 0.3 is 0 Å². The van der Waals surface area contributed by atoms with Crippen molar-refractivity contribution in [3.05, 3.63) is 21.7 Å². The number of aromatic nitrogens is 1. The van der Waals surface area contributed by atoms with Crippen LogP contribution in [0.15, 0.2) is 11.0 Å². The second-order valence-corrected chi connectivity index (χ2v) is 12.4. The van der Waals surface area contributed by atoms with Crippen LogP contribution in [0.1, 0.15) is 84.3 Å². The highest BCUT2D eigenvalue weighted by atomic mass is 32.1. The molecular formula is C27H44N2O6S. The normalized spacial score (nSPS) is 35.9. The lowest BCUT2D eigenvalue weighted by molar-refractivity contribution is -0.143. The van der Waals surface area contributed by atoms with Crippen molar-refractivity contribution in [3.8, 4) is 0 Å². The summed E-state index contributed by atoms with van der Waals surface area (Å²) >= 11 is 1.51. The van der Waals surface area contributed by atoms with Crippen LogP contribution in [-0.2, 0) is 9.59 Å². The van der Waals surface area contributed by atoms with Gasteiger partial charge < -0.3 is 25.7 Å². The van der Waals surface area contributed by atoms with Crippen LogP contribution >= 0.6 is 11.3 Å². The minimum Gasteiger partial charge on any atom is -0.392 e. The first-order chi connectivity index (χ1) is 16.6. The van der Waals surface area contributed by atoms with Crippen LogP contribution < -0.4 is 5.32 Å².